The van der Waals surface area contributed by atoms with Crippen molar-refractivity contribution in [3.05, 3.63) is 90.1 Å². The molecule has 0 spiro atoms. The molecule has 0 aliphatic rings. The van der Waals surface area contributed by atoms with Gasteiger partial charge >= 0.3 is 5.97 Å². The molecule has 0 bridgehead atoms. The first-order chi connectivity index (χ1) is 17.6. The van der Waals surface area contributed by atoms with Gasteiger partial charge in [0.2, 0.25) is 5.75 Å². The smallest absolute Gasteiger partial charge is 0.349 e. The van der Waals surface area contributed by atoms with Crippen molar-refractivity contribution in [2.45, 2.75) is 0 Å². The molecular weight excluding hydrogens is 474 g/mol. The molecule has 36 heavy (non-hydrogen) atoms. The van der Waals surface area contributed by atoms with Gasteiger partial charge in [-0.05, 0) is 29.6 Å². The van der Waals surface area contributed by atoms with Crippen LogP contribution >= 0.6 is 11.3 Å². The van der Waals surface area contributed by atoms with Crippen LogP contribution in [0.3, 0.4) is 0 Å². The fourth-order valence-corrected chi connectivity index (χ4v) is 4.62. The van der Waals surface area contributed by atoms with Crippen LogP contribution in [0.4, 0.5) is 0 Å². The minimum atomic E-state index is -0.514. The molecule has 180 valence electrons. The fraction of sp³-hybridized carbons (Fsp3) is 0.107. The van der Waals surface area contributed by atoms with Gasteiger partial charge in [-0.2, -0.15) is 0 Å². The second kappa shape index (κ2) is 10.1. The number of pyridine rings is 1. The minimum Gasteiger partial charge on any atom is -0.493 e. The molecule has 3 heterocycles. The largest absolute Gasteiger partial charge is 0.493 e. The Kier molecular flexibility index (Phi) is 6.51. The standard InChI is InChI=1S/C28H24N3O4S/c1-31-13-7-11-19(17-31)28(32)35-26-21(33-2)15-20(16-22(26)34-3)27-29-24(18-9-5-4-6-10-18)25(30-27)23-12-8-14-36-23/h4-17H,1-3H3,(H,29,30)/q+1. The summed E-state index contributed by atoms with van der Waals surface area (Å²) in [5.74, 6) is 1.04. The summed E-state index contributed by atoms with van der Waals surface area (Å²) in [5.41, 5.74) is 3.92. The molecule has 7 nitrogen and oxygen atoms in total. The van der Waals surface area contributed by atoms with Crippen molar-refractivity contribution >= 4 is 17.3 Å². The van der Waals surface area contributed by atoms with Gasteiger partial charge in [-0.15, -0.1) is 11.3 Å². The zero-order chi connectivity index (χ0) is 25.1. The Labute approximate surface area is 212 Å². The van der Waals surface area contributed by atoms with Gasteiger partial charge in [0.15, 0.2) is 23.9 Å². The van der Waals surface area contributed by atoms with Gasteiger partial charge in [0.05, 0.1) is 30.5 Å². The van der Waals surface area contributed by atoms with E-state index in [9.17, 15) is 4.79 Å². The third-order valence-electron chi connectivity index (χ3n) is 5.62. The molecular formula is C28H24N3O4S+. The van der Waals surface area contributed by atoms with Crippen molar-refractivity contribution in [3.63, 3.8) is 0 Å². The highest BCUT2D eigenvalue weighted by molar-refractivity contribution is 7.13. The van der Waals surface area contributed by atoms with E-state index in [-0.39, 0.29) is 5.75 Å². The first kappa shape index (κ1) is 23.3. The van der Waals surface area contributed by atoms with Crippen molar-refractivity contribution in [3.8, 4) is 50.5 Å². The molecule has 8 heteroatoms. The number of imidazole rings is 1. The van der Waals surface area contributed by atoms with E-state index in [4.69, 9.17) is 19.2 Å². The van der Waals surface area contributed by atoms with E-state index in [1.807, 2.05) is 55.0 Å². The van der Waals surface area contributed by atoms with Crippen LogP contribution in [-0.2, 0) is 7.05 Å². The number of ether oxygens (including phenoxy) is 3. The predicted molar refractivity (Wildman–Crippen MR) is 138 cm³/mol. The van der Waals surface area contributed by atoms with Gasteiger partial charge in [-0.3, -0.25) is 0 Å². The van der Waals surface area contributed by atoms with Crippen molar-refractivity contribution < 1.29 is 23.6 Å². The topological polar surface area (TPSA) is 77.3 Å². The van der Waals surface area contributed by atoms with Crippen molar-refractivity contribution in [1.82, 2.24) is 9.97 Å². The Morgan fingerprint density at radius 2 is 1.69 bits per heavy atom. The van der Waals surface area contributed by atoms with E-state index in [0.717, 1.165) is 27.4 Å². The van der Waals surface area contributed by atoms with Crippen LogP contribution in [0.15, 0.2) is 84.5 Å². The number of thiophene rings is 1. The van der Waals surface area contributed by atoms with Crippen LogP contribution in [0.1, 0.15) is 10.4 Å². The highest BCUT2D eigenvalue weighted by Crippen LogP contribution is 2.43. The Hall–Kier alpha value is -4.43. The van der Waals surface area contributed by atoms with E-state index < -0.39 is 5.97 Å². The maximum atomic E-state index is 12.8. The minimum absolute atomic E-state index is 0.202. The summed E-state index contributed by atoms with van der Waals surface area (Å²) in [5, 5.41) is 2.03. The zero-order valence-corrected chi connectivity index (χ0v) is 20.8. The molecule has 0 amide bonds. The molecule has 0 saturated heterocycles. The van der Waals surface area contributed by atoms with E-state index in [2.05, 4.69) is 11.1 Å². The molecule has 0 aliphatic heterocycles. The summed E-state index contributed by atoms with van der Waals surface area (Å²) in [6, 6.07) is 21.1. The first-order valence-electron chi connectivity index (χ1n) is 11.2. The molecule has 1 N–H and O–H groups in total. The van der Waals surface area contributed by atoms with Gasteiger partial charge in [0.1, 0.15) is 18.4 Å². The quantitative estimate of drug-likeness (QED) is 0.181. The monoisotopic (exact) mass is 498 g/mol. The van der Waals surface area contributed by atoms with Crippen LogP contribution in [-0.4, -0.2) is 30.2 Å². The number of aryl methyl sites for hydroxylation is 1. The zero-order valence-electron chi connectivity index (χ0n) is 20.0. The van der Waals surface area contributed by atoms with Crippen LogP contribution in [0.5, 0.6) is 17.2 Å². The number of nitrogens with zero attached hydrogens (tertiary/aromatic N) is 2. The van der Waals surface area contributed by atoms with Gasteiger partial charge in [-0.25, -0.2) is 14.3 Å². The molecule has 0 aliphatic carbocycles. The van der Waals surface area contributed by atoms with E-state index in [1.54, 1.807) is 46.4 Å². The summed E-state index contributed by atoms with van der Waals surface area (Å²) in [4.78, 5) is 22.3. The number of hydrogen-bond acceptors (Lipinski definition) is 6. The molecule has 0 unspecified atom stereocenters. The Morgan fingerprint density at radius 3 is 2.33 bits per heavy atom. The second-order valence-electron chi connectivity index (χ2n) is 8.01. The number of hydrogen-bond donors (Lipinski definition) is 1. The Bertz CT molecular complexity index is 1490. The normalized spacial score (nSPS) is 10.8. The fourth-order valence-electron chi connectivity index (χ4n) is 3.89. The SMILES string of the molecule is COc1cc(-c2nc(-c3ccccc3)c(-c3cccs3)[nH]2)cc(OC)c1OC(=O)c1ccc[n+](C)c1. The number of esters is 1. The lowest BCUT2D eigenvalue weighted by molar-refractivity contribution is -0.671. The summed E-state index contributed by atoms with van der Waals surface area (Å²) in [7, 11) is 4.88. The van der Waals surface area contributed by atoms with Crippen LogP contribution in [0.2, 0.25) is 0 Å². The van der Waals surface area contributed by atoms with Crippen LogP contribution < -0.4 is 18.8 Å². The molecule has 0 radical (unpaired) electrons. The molecule has 0 fully saturated rings. The highest BCUT2D eigenvalue weighted by Gasteiger charge is 2.23. The second-order valence-corrected chi connectivity index (χ2v) is 8.96. The third kappa shape index (κ3) is 4.58. The van der Waals surface area contributed by atoms with Gasteiger partial charge in [0, 0.05) is 17.2 Å². The van der Waals surface area contributed by atoms with Gasteiger partial charge < -0.3 is 19.2 Å². The van der Waals surface area contributed by atoms with E-state index >= 15 is 0 Å². The number of benzene rings is 2. The number of aromatic amines is 1. The molecule has 0 atom stereocenters. The molecule has 0 saturated carbocycles. The molecule has 5 rings (SSSR count). The number of H-pyrrole nitrogens is 1. The summed E-state index contributed by atoms with van der Waals surface area (Å²) in [6.45, 7) is 0. The third-order valence-corrected chi connectivity index (χ3v) is 6.51. The highest BCUT2D eigenvalue weighted by atomic mass is 32.1. The molecule has 2 aromatic carbocycles. The average molecular weight is 499 g/mol. The van der Waals surface area contributed by atoms with E-state index in [1.165, 1.54) is 14.2 Å². The number of aromatic nitrogens is 3. The Balaban J connectivity index is 1.57. The van der Waals surface area contributed by atoms with Crippen molar-refractivity contribution in [2.24, 2.45) is 7.05 Å². The Morgan fingerprint density at radius 1 is 0.944 bits per heavy atom. The average Bonchev–Trinajstić information content (AvgIpc) is 3.59. The first-order valence-corrected chi connectivity index (χ1v) is 12.1. The van der Waals surface area contributed by atoms with Gasteiger partial charge in [-0.1, -0.05) is 36.4 Å². The summed E-state index contributed by atoms with van der Waals surface area (Å²) < 4.78 is 18.7. The molecule has 5 aromatic rings. The lowest BCUT2D eigenvalue weighted by Crippen LogP contribution is -2.28. The van der Waals surface area contributed by atoms with Gasteiger partial charge in [0.25, 0.3) is 0 Å². The van der Waals surface area contributed by atoms with Crippen LogP contribution in [0, 0.1) is 0 Å². The van der Waals surface area contributed by atoms with Crippen molar-refractivity contribution in [1.29, 1.82) is 0 Å². The molecule has 3 aromatic heterocycles. The van der Waals surface area contributed by atoms with Crippen LogP contribution in [0.25, 0.3) is 33.2 Å². The lowest BCUT2D eigenvalue weighted by Gasteiger charge is -2.14. The number of carbonyl (C=O) groups is 1. The number of nitrogens with one attached hydrogen (secondary N) is 1. The predicted octanol–water partition coefficient (Wildman–Crippen LogP) is 5.53. The maximum Gasteiger partial charge on any atom is 0.349 e. The van der Waals surface area contributed by atoms with E-state index in [0.29, 0.717) is 22.9 Å². The number of carbonyl (C=O) groups excluding carboxylic acids is 1. The van der Waals surface area contributed by atoms with Crippen molar-refractivity contribution in [2.75, 3.05) is 14.2 Å². The lowest BCUT2D eigenvalue weighted by atomic mass is 10.1. The number of methoxy groups -OCH3 is 2. The maximum absolute atomic E-state index is 12.8. The number of rotatable bonds is 7. The summed E-state index contributed by atoms with van der Waals surface area (Å²) >= 11 is 1.64. The summed E-state index contributed by atoms with van der Waals surface area (Å²) in [6.07, 6.45) is 3.53.